The van der Waals surface area contributed by atoms with Crippen molar-refractivity contribution in [3.05, 3.63) is 77.6 Å². The number of benzene rings is 3. The number of hydrogen-bond acceptors (Lipinski definition) is 5. The van der Waals surface area contributed by atoms with Crippen molar-refractivity contribution < 1.29 is 31.2 Å². The number of halogens is 5. The van der Waals surface area contributed by atoms with Gasteiger partial charge in [0.05, 0.1) is 5.56 Å². The number of aromatic nitrogens is 2. The molecule has 0 N–H and O–H groups in total. The average Bonchev–Trinajstić information content (AvgIpc) is 3.38. The third kappa shape index (κ3) is 6.19. The van der Waals surface area contributed by atoms with E-state index in [1.165, 1.54) is 30.3 Å². The van der Waals surface area contributed by atoms with Gasteiger partial charge in [0.1, 0.15) is 24.8 Å². The molecule has 0 bridgehead atoms. The van der Waals surface area contributed by atoms with E-state index in [2.05, 4.69) is 10.1 Å². The van der Waals surface area contributed by atoms with E-state index in [1.54, 1.807) is 24.3 Å². The van der Waals surface area contributed by atoms with Crippen molar-refractivity contribution in [2.45, 2.75) is 26.1 Å². The second kappa shape index (κ2) is 11.7. The van der Waals surface area contributed by atoms with Crippen LogP contribution >= 0.6 is 0 Å². The lowest BCUT2D eigenvalue weighted by Crippen LogP contribution is -2.19. The summed E-state index contributed by atoms with van der Waals surface area (Å²) in [4.78, 5) is 6.21. The molecule has 1 aromatic heterocycles. The predicted molar refractivity (Wildman–Crippen MR) is 134 cm³/mol. The van der Waals surface area contributed by atoms with E-state index in [1.807, 2.05) is 18.9 Å². The minimum atomic E-state index is -4.72. The topological polar surface area (TPSA) is 51.4 Å². The molecule has 1 heterocycles. The summed E-state index contributed by atoms with van der Waals surface area (Å²) in [6.07, 6.45) is -3.77. The SMILES string of the molecule is CCCN(C)Cc1ccc(-c2noc(-c3ccc(-c4ccccc4OCCF)c(C(F)(F)F)c3)n2)cc1F. The molecule has 200 valence electrons. The zero-order valence-electron chi connectivity index (χ0n) is 20.9. The van der Waals surface area contributed by atoms with Crippen molar-refractivity contribution in [3.8, 4) is 39.7 Å². The Balaban J connectivity index is 1.66. The monoisotopic (exact) mass is 531 g/mol. The summed E-state index contributed by atoms with van der Waals surface area (Å²) in [5, 5.41) is 3.84. The first-order valence-corrected chi connectivity index (χ1v) is 12.0. The third-order valence-corrected chi connectivity index (χ3v) is 5.87. The molecule has 0 saturated heterocycles. The summed E-state index contributed by atoms with van der Waals surface area (Å²) in [7, 11) is 1.90. The van der Waals surface area contributed by atoms with E-state index in [0.717, 1.165) is 19.0 Å². The Morgan fingerprint density at radius 2 is 1.74 bits per heavy atom. The maximum absolute atomic E-state index is 14.7. The number of para-hydroxylation sites is 1. The normalized spacial score (nSPS) is 11.8. The quantitative estimate of drug-likeness (QED) is 0.199. The standard InChI is InChI=1S/C28H26F5N3O2/c1-3-13-36(2)17-20-9-8-18(16-24(20)30)26-34-27(38-35-26)19-10-11-21(23(15-19)28(31,32)33)22-6-4-5-7-25(22)37-14-12-29/h4-11,15-16H,3,12-14,17H2,1-2H3. The van der Waals surface area contributed by atoms with E-state index < -0.39 is 24.2 Å². The van der Waals surface area contributed by atoms with Crippen LogP contribution in [0.15, 0.2) is 65.2 Å². The molecule has 0 saturated carbocycles. The van der Waals surface area contributed by atoms with Gasteiger partial charge in [-0.15, -0.1) is 0 Å². The summed E-state index contributed by atoms with van der Waals surface area (Å²) >= 11 is 0. The van der Waals surface area contributed by atoms with Crippen LogP contribution in [0.3, 0.4) is 0 Å². The van der Waals surface area contributed by atoms with Crippen LogP contribution in [0.4, 0.5) is 22.0 Å². The Morgan fingerprint density at radius 3 is 2.45 bits per heavy atom. The largest absolute Gasteiger partial charge is 0.490 e. The first kappa shape index (κ1) is 27.3. The van der Waals surface area contributed by atoms with Gasteiger partial charge in [0.2, 0.25) is 5.82 Å². The number of nitrogens with zero attached hydrogens (tertiary/aromatic N) is 3. The van der Waals surface area contributed by atoms with Crippen LogP contribution in [0, 0.1) is 5.82 Å². The molecule has 0 aliphatic heterocycles. The average molecular weight is 532 g/mol. The molecule has 0 aliphatic carbocycles. The van der Waals surface area contributed by atoms with Crippen molar-refractivity contribution in [2.24, 2.45) is 0 Å². The van der Waals surface area contributed by atoms with E-state index in [-0.39, 0.29) is 40.8 Å². The van der Waals surface area contributed by atoms with Crippen LogP contribution in [0.25, 0.3) is 34.0 Å². The number of rotatable bonds is 10. The molecule has 0 fully saturated rings. The van der Waals surface area contributed by atoms with Gasteiger partial charge in [-0.25, -0.2) is 8.78 Å². The van der Waals surface area contributed by atoms with Crippen molar-refractivity contribution in [3.63, 3.8) is 0 Å². The highest BCUT2D eigenvalue weighted by Gasteiger charge is 2.35. The molecule has 0 amide bonds. The fourth-order valence-electron chi connectivity index (χ4n) is 4.13. The van der Waals surface area contributed by atoms with Gasteiger partial charge in [0.25, 0.3) is 5.89 Å². The fourth-order valence-corrected chi connectivity index (χ4v) is 4.13. The number of hydrogen-bond donors (Lipinski definition) is 0. The first-order chi connectivity index (χ1) is 18.2. The minimum absolute atomic E-state index is 0.0419. The van der Waals surface area contributed by atoms with Gasteiger partial charge in [-0.05, 0) is 49.8 Å². The summed E-state index contributed by atoms with van der Waals surface area (Å²) in [6.45, 7) is 2.24. The van der Waals surface area contributed by atoms with E-state index in [4.69, 9.17) is 9.26 Å². The van der Waals surface area contributed by atoms with E-state index >= 15 is 0 Å². The number of alkyl halides is 4. The molecule has 5 nitrogen and oxygen atoms in total. The Hall–Kier alpha value is -3.79. The van der Waals surface area contributed by atoms with Gasteiger partial charge >= 0.3 is 6.18 Å². The maximum atomic E-state index is 14.7. The summed E-state index contributed by atoms with van der Waals surface area (Å²) in [5.41, 5.74) is -0.0224. The lowest BCUT2D eigenvalue weighted by Gasteiger charge is -2.16. The van der Waals surface area contributed by atoms with Crippen LogP contribution in [-0.2, 0) is 12.7 Å². The Morgan fingerprint density at radius 1 is 0.974 bits per heavy atom. The lowest BCUT2D eigenvalue weighted by molar-refractivity contribution is -0.137. The lowest BCUT2D eigenvalue weighted by atomic mass is 9.96. The minimum Gasteiger partial charge on any atom is -0.490 e. The Labute approximate surface area is 216 Å². The second-order valence-electron chi connectivity index (χ2n) is 8.76. The molecule has 3 aromatic carbocycles. The molecule has 0 unspecified atom stereocenters. The number of ether oxygens (including phenoxy) is 1. The summed E-state index contributed by atoms with van der Waals surface area (Å²) in [6, 6.07) is 14.3. The van der Waals surface area contributed by atoms with Crippen molar-refractivity contribution in [2.75, 3.05) is 26.9 Å². The van der Waals surface area contributed by atoms with Crippen molar-refractivity contribution in [1.82, 2.24) is 15.0 Å². The van der Waals surface area contributed by atoms with Gasteiger partial charge < -0.3 is 14.2 Å². The molecule has 4 rings (SSSR count). The molecule has 0 radical (unpaired) electrons. The maximum Gasteiger partial charge on any atom is 0.417 e. The highest BCUT2D eigenvalue weighted by molar-refractivity contribution is 5.76. The van der Waals surface area contributed by atoms with Crippen LogP contribution in [0.5, 0.6) is 5.75 Å². The highest BCUT2D eigenvalue weighted by Crippen LogP contribution is 2.42. The summed E-state index contributed by atoms with van der Waals surface area (Å²) < 4.78 is 80.1. The predicted octanol–water partition coefficient (Wildman–Crippen LogP) is 7.42. The first-order valence-electron chi connectivity index (χ1n) is 12.0. The molecule has 0 atom stereocenters. The van der Waals surface area contributed by atoms with E-state index in [0.29, 0.717) is 17.7 Å². The van der Waals surface area contributed by atoms with Crippen molar-refractivity contribution >= 4 is 0 Å². The Bertz CT molecular complexity index is 1390. The molecule has 0 spiro atoms. The third-order valence-electron chi connectivity index (χ3n) is 5.87. The molecule has 38 heavy (non-hydrogen) atoms. The van der Waals surface area contributed by atoms with Gasteiger partial charge in [0, 0.05) is 28.8 Å². The van der Waals surface area contributed by atoms with Crippen LogP contribution in [0.1, 0.15) is 24.5 Å². The van der Waals surface area contributed by atoms with Crippen LogP contribution < -0.4 is 4.74 Å². The molecule has 10 heteroatoms. The molecular formula is C28H26F5N3O2. The van der Waals surface area contributed by atoms with Crippen molar-refractivity contribution in [1.29, 1.82) is 0 Å². The summed E-state index contributed by atoms with van der Waals surface area (Å²) in [5.74, 6) is -0.398. The molecule has 0 aliphatic rings. The Kier molecular flexibility index (Phi) is 8.41. The van der Waals surface area contributed by atoms with Crippen LogP contribution in [0.2, 0.25) is 0 Å². The van der Waals surface area contributed by atoms with Gasteiger partial charge in [0.15, 0.2) is 0 Å². The zero-order valence-corrected chi connectivity index (χ0v) is 20.9. The van der Waals surface area contributed by atoms with Gasteiger partial charge in [-0.2, -0.15) is 18.2 Å². The van der Waals surface area contributed by atoms with Gasteiger partial charge in [-0.3, -0.25) is 0 Å². The highest BCUT2D eigenvalue weighted by atomic mass is 19.4. The van der Waals surface area contributed by atoms with E-state index in [9.17, 15) is 22.0 Å². The second-order valence-corrected chi connectivity index (χ2v) is 8.76. The molecule has 4 aromatic rings. The molecular weight excluding hydrogens is 505 g/mol. The zero-order chi connectivity index (χ0) is 27.3. The fraction of sp³-hybridized carbons (Fsp3) is 0.286. The van der Waals surface area contributed by atoms with Gasteiger partial charge in [-0.1, -0.05) is 48.5 Å². The smallest absolute Gasteiger partial charge is 0.417 e. The van der Waals surface area contributed by atoms with Crippen LogP contribution in [-0.4, -0.2) is 41.9 Å².